The second-order valence-electron chi connectivity index (χ2n) is 3.72. The van der Waals surface area contributed by atoms with E-state index in [0.29, 0.717) is 5.56 Å². The molecule has 0 bridgehead atoms. The van der Waals surface area contributed by atoms with Crippen molar-refractivity contribution >= 4 is 11.8 Å². The molecule has 0 aliphatic heterocycles. The van der Waals surface area contributed by atoms with Crippen molar-refractivity contribution in [2.75, 3.05) is 26.0 Å². The number of thioether (sulfide) groups is 1. The van der Waals surface area contributed by atoms with Gasteiger partial charge in [0.1, 0.15) is 5.82 Å². The number of rotatable bonds is 6. The summed E-state index contributed by atoms with van der Waals surface area (Å²) in [5, 5.41) is 0. The average molecular weight is 267 g/mol. The molecule has 0 unspecified atom stereocenters. The number of hydrogen-bond donors (Lipinski definition) is 1. The van der Waals surface area contributed by atoms with Crippen LogP contribution in [0.25, 0.3) is 0 Å². The molecule has 0 saturated carbocycles. The molecule has 0 aromatic heterocycles. The van der Waals surface area contributed by atoms with Crippen LogP contribution in [-0.2, 0) is 10.5 Å². The van der Waals surface area contributed by atoms with Crippen molar-refractivity contribution in [2.24, 2.45) is 5.73 Å². The van der Waals surface area contributed by atoms with Crippen molar-refractivity contribution in [3.63, 3.8) is 0 Å². The minimum absolute atomic E-state index is 0.245. The van der Waals surface area contributed by atoms with Crippen LogP contribution in [0, 0.1) is 17.7 Å². The van der Waals surface area contributed by atoms with E-state index in [-0.39, 0.29) is 12.4 Å². The largest absolute Gasteiger partial charge is 0.385 e. The Morgan fingerprint density at radius 1 is 1.44 bits per heavy atom. The maximum absolute atomic E-state index is 13.4. The van der Waals surface area contributed by atoms with Crippen molar-refractivity contribution in [1.82, 2.24) is 0 Å². The number of halogens is 1. The van der Waals surface area contributed by atoms with Crippen LogP contribution >= 0.6 is 11.8 Å². The van der Waals surface area contributed by atoms with E-state index in [9.17, 15) is 4.39 Å². The first-order valence-electron chi connectivity index (χ1n) is 5.82. The highest BCUT2D eigenvalue weighted by Gasteiger charge is 2.01. The van der Waals surface area contributed by atoms with Crippen molar-refractivity contribution in [3.05, 3.63) is 35.1 Å². The molecule has 0 saturated heterocycles. The van der Waals surface area contributed by atoms with E-state index in [0.717, 1.165) is 30.1 Å². The first kappa shape index (κ1) is 15.0. The van der Waals surface area contributed by atoms with Gasteiger partial charge in [-0.15, -0.1) is 0 Å². The Bertz CT molecular complexity index is 426. The monoisotopic (exact) mass is 267 g/mol. The fourth-order valence-electron chi connectivity index (χ4n) is 1.40. The predicted molar refractivity (Wildman–Crippen MR) is 75.0 cm³/mol. The molecule has 2 N–H and O–H groups in total. The van der Waals surface area contributed by atoms with E-state index in [1.807, 2.05) is 11.8 Å². The number of ether oxygens (including phenoxy) is 1. The molecule has 0 aliphatic carbocycles. The van der Waals surface area contributed by atoms with Gasteiger partial charge >= 0.3 is 0 Å². The summed E-state index contributed by atoms with van der Waals surface area (Å²) < 4.78 is 18.4. The lowest BCUT2D eigenvalue weighted by molar-refractivity contribution is 0.200. The van der Waals surface area contributed by atoms with Gasteiger partial charge in [-0.05, 0) is 29.9 Å². The first-order chi connectivity index (χ1) is 8.77. The van der Waals surface area contributed by atoms with Crippen LogP contribution in [-0.4, -0.2) is 26.0 Å². The van der Waals surface area contributed by atoms with Crippen molar-refractivity contribution in [3.8, 4) is 11.8 Å². The molecule has 2 nitrogen and oxygen atoms in total. The standard InChI is InChI=1S/C14H18FNOS/c1-17-8-3-9-18-11-12-5-6-14(15)13(10-12)4-2-7-16/h5-6,10H,3,7-9,11,16H2,1H3. The molecule has 0 aliphatic rings. The molecule has 0 spiro atoms. The van der Waals surface area contributed by atoms with E-state index in [2.05, 4.69) is 11.8 Å². The Labute approximate surface area is 112 Å². The van der Waals surface area contributed by atoms with Gasteiger partial charge in [0.05, 0.1) is 12.1 Å². The van der Waals surface area contributed by atoms with Gasteiger partial charge in [-0.1, -0.05) is 17.9 Å². The third-order valence-corrected chi connectivity index (χ3v) is 3.38. The number of nitrogens with two attached hydrogens (primary N) is 1. The zero-order valence-electron chi connectivity index (χ0n) is 10.5. The maximum atomic E-state index is 13.4. The molecular formula is C14H18FNOS. The Hall–Kier alpha value is -1.02. The highest BCUT2D eigenvalue weighted by atomic mass is 32.2. The fraction of sp³-hybridized carbons (Fsp3) is 0.429. The van der Waals surface area contributed by atoms with Crippen LogP contribution < -0.4 is 5.73 Å². The van der Waals surface area contributed by atoms with Crippen LogP contribution in [0.4, 0.5) is 4.39 Å². The highest BCUT2D eigenvalue weighted by molar-refractivity contribution is 7.98. The molecule has 18 heavy (non-hydrogen) atoms. The van der Waals surface area contributed by atoms with Crippen molar-refractivity contribution < 1.29 is 9.13 Å². The summed E-state index contributed by atoms with van der Waals surface area (Å²) in [6.45, 7) is 1.03. The third kappa shape index (κ3) is 5.54. The van der Waals surface area contributed by atoms with Gasteiger partial charge in [-0.2, -0.15) is 11.8 Å². The molecule has 1 rings (SSSR count). The maximum Gasteiger partial charge on any atom is 0.138 e. The fourth-order valence-corrected chi connectivity index (χ4v) is 2.28. The molecule has 1 aromatic carbocycles. The Morgan fingerprint density at radius 3 is 3.00 bits per heavy atom. The molecule has 4 heteroatoms. The highest BCUT2D eigenvalue weighted by Crippen LogP contribution is 2.16. The van der Waals surface area contributed by atoms with Gasteiger partial charge in [0.2, 0.25) is 0 Å². The third-order valence-electron chi connectivity index (χ3n) is 2.26. The normalized spacial score (nSPS) is 9.94. The van der Waals surface area contributed by atoms with Crippen molar-refractivity contribution in [2.45, 2.75) is 12.2 Å². The molecule has 98 valence electrons. The van der Waals surface area contributed by atoms with Gasteiger partial charge in [0, 0.05) is 19.5 Å². The SMILES string of the molecule is COCCCSCc1ccc(F)c(C#CCN)c1. The van der Waals surface area contributed by atoms with Gasteiger partial charge in [-0.3, -0.25) is 0 Å². The first-order valence-corrected chi connectivity index (χ1v) is 6.97. The van der Waals surface area contributed by atoms with Gasteiger partial charge in [0.25, 0.3) is 0 Å². The summed E-state index contributed by atoms with van der Waals surface area (Å²) >= 11 is 1.81. The van der Waals surface area contributed by atoms with Crippen LogP contribution in [0.1, 0.15) is 17.5 Å². The smallest absolute Gasteiger partial charge is 0.138 e. The molecule has 0 amide bonds. The number of benzene rings is 1. The lowest BCUT2D eigenvalue weighted by atomic mass is 10.1. The Kier molecular flexibility index (Phi) is 7.51. The lowest BCUT2D eigenvalue weighted by Gasteiger charge is -2.03. The lowest BCUT2D eigenvalue weighted by Crippen LogP contribution is -1.95. The van der Waals surface area contributed by atoms with E-state index < -0.39 is 0 Å². The zero-order valence-corrected chi connectivity index (χ0v) is 11.4. The van der Waals surface area contributed by atoms with E-state index >= 15 is 0 Å². The second-order valence-corrected chi connectivity index (χ2v) is 4.82. The molecule has 0 radical (unpaired) electrons. The summed E-state index contributed by atoms with van der Waals surface area (Å²) in [5.41, 5.74) is 6.79. The molecule has 0 atom stereocenters. The molecular weight excluding hydrogens is 249 g/mol. The summed E-state index contributed by atoms with van der Waals surface area (Å²) in [5.74, 6) is 7.03. The van der Waals surface area contributed by atoms with Crippen LogP contribution in [0.2, 0.25) is 0 Å². The van der Waals surface area contributed by atoms with Crippen LogP contribution in [0.3, 0.4) is 0 Å². The number of methoxy groups -OCH3 is 1. The summed E-state index contributed by atoms with van der Waals surface area (Å²) in [6, 6.07) is 5.05. The van der Waals surface area contributed by atoms with Crippen LogP contribution in [0.15, 0.2) is 18.2 Å². The minimum Gasteiger partial charge on any atom is -0.385 e. The van der Waals surface area contributed by atoms with E-state index in [4.69, 9.17) is 10.5 Å². The van der Waals surface area contributed by atoms with Gasteiger partial charge in [-0.25, -0.2) is 4.39 Å². The number of hydrogen-bond acceptors (Lipinski definition) is 3. The van der Waals surface area contributed by atoms with E-state index in [1.54, 1.807) is 19.2 Å². The Morgan fingerprint density at radius 2 is 2.28 bits per heavy atom. The average Bonchev–Trinajstić information content (AvgIpc) is 2.39. The topological polar surface area (TPSA) is 35.2 Å². The summed E-state index contributed by atoms with van der Waals surface area (Å²) in [6.07, 6.45) is 1.03. The van der Waals surface area contributed by atoms with E-state index in [1.165, 1.54) is 6.07 Å². The Balaban J connectivity index is 2.51. The minimum atomic E-state index is -0.288. The predicted octanol–water partition coefficient (Wildman–Crippen LogP) is 2.41. The zero-order chi connectivity index (χ0) is 13.2. The molecule has 1 aromatic rings. The summed E-state index contributed by atoms with van der Waals surface area (Å²) in [7, 11) is 1.70. The van der Waals surface area contributed by atoms with Gasteiger partial charge < -0.3 is 10.5 Å². The van der Waals surface area contributed by atoms with Gasteiger partial charge in [0.15, 0.2) is 0 Å². The quantitative estimate of drug-likeness (QED) is 0.635. The molecule has 0 fully saturated rings. The second kappa shape index (κ2) is 8.98. The van der Waals surface area contributed by atoms with Crippen LogP contribution in [0.5, 0.6) is 0 Å². The summed E-state index contributed by atoms with van der Waals surface area (Å²) in [4.78, 5) is 0. The van der Waals surface area contributed by atoms with Crippen molar-refractivity contribution in [1.29, 1.82) is 0 Å². The molecule has 0 heterocycles.